The first-order valence-electron chi connectivity index (χ1n) is 15.3. The molecule has 4 aliphatic rings. The summed E-state index contributed by atoms with van der Waals surface area (Å²) in [7, 11) is -1.66. The molecule has 0 radical (unpaired) electrons. The fourth-order valence-electron chi connectivity index (χ4n) is 8.86. The molecule has 230 valence electrons. The number of hydrogen-bond donors (Lipinski definition) is 0. The third-order valence-electron chi connectivity index (χ3n) is 10.9. The zero-order valence-corrected chi connectivity index (χ0v) is 25.5. The van der Waals surface area contributed by atoms with Gasteiger partial charge >= 0.3 is 12.4 Å². The van der Waals surface area contributed by atoms with Gasteiger partial charge in [-0.2, -0.15) is 26.3 Å². The summed E-state index contributed by atoms with van der Waals surface area (Å²) in [5.74, 6) is 0.00448. The van der Waals surface area contributed by atoms with Gasteiger partial charge < -0.3 is 4.43 Å². The Bertz CT molecular complexity index is 1040. The molecule has 0 heterocycles. The van der Waals surface area contributed by atoms with Gasteiger partial charge in [0, 0.05) is 19.5 Å². The number of Topliss-reactive ketones (excluding diaryl/α,β-unsaturated/α-hetero) is 1. The second-order valence-electron chi connectivity index (χ2n) is 14.5. The van der Waals surface area contributed by atoms with Crippen LogP contribution in [0, 0.1) is 34.5 Å². The van der Waals surface area contributed by atoms with E-state index in [9.17, 15) is 35.5 Å². The Kier molecular flexibility index (Phi) is 7.92. The number of hydrogen-bond acceptors (Lipinski definition) is 2. The van der Waals surface area contributed by atoms with Gasteiger partial charge in [-0.25, -0.2) is 4.39 Å². The van der Waals surface area contributed by atoms with Gasteiger partial charge in [-0.1, -0.05) is 32.8 Å². The first-order valence-corrected chi connectivity index (χ1v) is 18.1. The molecule has 10 heteroatoms. The zero-order chi connectivity index (χ0) is 31.0. The van der Waals surface area contributed by atoms with Crippen LogP contribution in [0.5, 0.6) is 0 Å². The average molecular weight is 600 g/mol. The minimum Gasteiger partial charge on any atom is -0.415 e. The first-order chi connectivity index (χ1) is 18.5. The Labute approximate surface area is 236 Å². The standard InChI is InChI=1S/C30H45F7O2Si/c1-18(8-7-13-28(31,29(32,33)34)30(35,36)37)23-17-24(38)25-21-10-9-19-16-20(39-40(4,5)6)11-14-26(19,2)22(21)12-15-27(23,25)3/h18-20,22-23H,7-17H2,1-6H3/t18-,19+,20+,22+,23-,26+,27-/m1/s1/i7D/t7?,18-,19+,20+,22+,23-,26+,27-. The van der Waals surface area contributed by atoms with Crippen LogP contribution in [0.3, 0.4) is 0 Å². The number of ketones is 1. The molecule has 0 aromatic carbocycles. The van der Waals surface area contributed by atoms with E-state index < -0.39 is 50.5 Å². The smallest absolute Gasteiger partial charge is 0.415 e. The molecule has 3 saturated carbocycles. The van der Waals surface area contributed by atoms with Gasteiger partial charge in [-0.3, -0.25) is 4.79 Å². The normalized spacial score (nSPS) is 37.4. The van der Waals surface area contributed by atoms with Crippen molar-refractivity contribution in [2.75, 3.05) is 0 Å². The van der Waals surface area contributed by atoms with Crippen molar-refractivity contribution in [2.45, 2.75) is 135 Å². The fraction of sp³-hybridized carbons (Fsp3) is 0.900. The molecule has 4 aliphatic carbocycles. The van der Waals surface area contributed by atoms with Crippen LogP contribution in [0.2, 0.25) is 19.6 Å². The molecule has 0 aliphatic heterocycles. The number of allylic oxidation sites excluding steroid dienone is 2. The van der Waals surface area contributed by atoms with E-state index in [4.69, 9.17) is 5.80 Å². The van der Waals surface area contributed by atoms with Crippen molar-refractivity contribution in [3.05, 3.63) is 11.1 Å². The third-order valence-corrected chi connectivity index (χ3v) is 11.9. The van der Waals surface area contributed by atoms with Crippen molar-refractivity contribution in [3.8, 4) is 0 Å². The maximum atomic E-state index is 14.3. The van der Waals surface area contributed by atoms with E-state index in [-0.39, 0.29) is 42.0 Å². The number of fused-ring (bicyclic) bond motifs is 4. The maximum Gasteiger partial charge on any atom is 0.431 e. The van der Waals surface area contributed by atoms with Crippen molar-refractivity contribution in [3.63, 3.8) is 0 Å². The number of halogens is 7. The lowest BCUT2D eigenvalue weighted by Gasteiger charge is -2.57. The van der Waals surface area contributed by atoms with E-state index in [1.165, 1.54) is 5.57 Å². The Morgan fingerprint density at radius 3 is 2.23 bits per heavy atom. The van der Waals surface area contributed by atoms with Crippen LogP contribution >= 0.6 is 0 Å². The molecular weight excluding hydrogens is 553 g/mol. The predicted molar refractivity (Wildman–Crippen MR) is 143 cm³/mol. The van der Waals surface area contributed by atoms with Crippen molar-refractivity contribution < 1.29 is 41.3 Å². The summed E-state index contributed by atoms with van der Waals surface area (Å²) < 4.78 is 107. The van der Waals surface area contributed by atoms with Gasteiger partial charge in [0.15, 0.2) is 14.1 Å². The SMILES string of the molecule is [2H]C(C[C@@H](C)[C@H]1CC(=O)C2=C3CC[C@H]4C[C@@H](O[Si](C)(C)C)CC[C@]4(C)[C@H]3CC[C@@]21C)CC(F)(C(F)(F)F)C(F)(F)F. The third kappa shape index (κ3) is 5.46. The van der Waals surface area contributed by atoms with E-state index in [2.05, 4.69) is 26.6 Å². The fourth-order valence-corrected chi connectivity index (χ4v) is 10.1. The molecular formula is C30H45F7O2Si. The molecule has 0 saturated heterocycles. The summed E-state index contributed by atoms with van der Waals surface area (Å²) in [5, 5.41) is 0. The molecule has 3 fully saturated rings. The largest absolute Gasteiger partial charge is 0.431 e. The number of carbonyl (C=O) groups is 1. The van der Waals surface area contributed by atoms with Gasteiger partial charge in [0.1, 0.15) is 0 Å². The number of carbonyl (C=O) groups excluding carboxylic acids is 1. The van der Waals surface area contributed by atoms with Crippen LogP contribution in [0.25, 0.3) is 0 Å². The lowest BCUT2D eigenvalue weighted by atomic mass is 9.48. The molecule has 40 heavy (non-hydrogen) atoms. The summed E-state index contributed by atoms with van der Waals surface area (Å²) in [6.45, 7) is 12.7. The van der Waals surface area contributed by atoms with E-state index in [0.717, 1.165) is 50.5 Å². The van der Waals surface area contributed by atoms with Gasteiger partial charge in [-0.05, 0) is 112 Å². The van der Waals surface area contributed by atoms with E-state index >= 15 is 0 Å². The molecule has 0 aromatic rings. The van der Waals surface area contributed by atoms with E-state index in [1.54, 1.807) is 6.92 Å². The Hall–Kier alpha value is -0.903. The molecule has 4 rings (SSSR count). The quantitative estimate of drug-likeness (QED) is 0.215. The number of rotatable bonds is 7. The summed E-state index contributed by atoms with van der Waals surface area (Å²) in [6, 6.07) is 0. The summed E-state index contributed by atoms with van der Waals surface area (Å²) >= 11 is 0. The highest BCUT2D eigenvalue weighted by Crippen LogP contribution is 2.65. The van der Waals surface area contributed by atoms with Crippen LogP contribution in [-0.2, 0) is 9.22 Å². The predicted octanol–water partition coefficient (Wildman–Crippen LogP) is 9.75. The van der Waals surface area contributed by atoms with Crippen LogP contribution in [0.15, 0.2) is 11.1 Å². The topological polar surface area (TPSA) is 26.3 Å². The average Bonchev–Trinajstić information content (AvgIpc) is 3.07. The first kappa shape index (κ1) is 30.6. The molecule has 8 atom stereocenters. The molecule has 0 aromatic heterocycles. The van der Waals surface area contributed by atoms with Crippen molar-refractivity contribution in [1.29, 1.82) is 0 Å². The zero-order valence-electron chi connectivity index (χ0n) is 25.5. The lowest BCUT2D eigenvalue weighted by Crippen LogP contribution is -2.53. The van der Waals surface area contributed by atoms with E-state index in [0.29, 0.717) is 5.92 Å². The minimum atomic E-state index is -6.16. The van der Waals surface area contributed by atoms with Crippen molar-refractivity contribution >= 4 is 14.1 Å². The molecule has 0 amide bonds. The Balaban J connectivity index is 1.52. The van der Waals surface area contributed by atoms with Gasteiger partial charge in [0.05, 0.1) is 0 Å². The Morgan fingerprint density at radius 1 is 1.02 bits per heavy atom. The van der Waals surface area contributed by atoms with Crippen LogP contribution in [0.4, 0.5) is 30.7 Å². The molecule has 0 bridgehead atoms. The monoisotopic (exact) mass is 599 g/mol. The highest BCUT2D eigenvalue weighted by atomic mass is 28.4. The van der Waals surface area contributed by atoms with Crippen molar-refractivity contribution in [2.24, 2.45) is 34.5 Å². The second kappa shape index (κ2) is 10.4. The van der Waals surface area contributed by atoms with Crippen LogP contribution < -0.4 is 0 Å². The van der Waals surface area contributed by atoms with Gasteiger partial charge in [-0.15, -0.1) is 0 Å². The minimum absolute atomic E-state index is 0.0220. The maximum absolute atomic E-state index is 14.3. The highest BCUT2D eigenvalue weighted by molar-refractivity contribution is 6.69. The van der Waals surface area contributed by atoms with Crippen molar-refractivity contribution in [1.82, 2.24) is 0 Å². The summed E-state index contributed by atoms with van der Waals surface area (Å²) in [4.78, 5) is 13.6. The molecule has 0 N–H and O–H groups in total. The van der Waals surface area contributed by atoms with Crippen LogP contribution in [-0.4, -0.2) is 38.2 Å². The Morgan fingerprint density at radius 2 is 1.65 bits per heavy atom. The van der Waals surface area contributed by atoms with Crippen LogP contribution in [0.1, 0.15) is 92.7 Å². The van der Waals surface area contributed by atoms with Gasteiger partial charge in [0.2, 0.25) is 0 Å². The molecule has 2 nitrogen and oxygen atoms in total. The molecule has 1 unspecified atom stereocenters. The second-order valence-corrected chi connectivity index (χ2v) is 19.0. The summed E-state index contributed by atoms with van der Waals surface area (Å²) in [5.41, 5.74) is -3.86. The lowest BCUT2D eigenvalue weighted by molar-refractivity contribution is -0.343. The highest BCUT2D eigenvalue weighted by Gasteiger charge is 2.71. The van der Waals surface area contributed by atoms with E-state index in [1.807, 2.05) is 6.92 Å². The number of alkyl halides is 7. The van der Waals surface area contributed by atoms with Gasteiger partial charge in [0.25, 0.3) is 5.67 Å². The summed E-state index contributed by atoms with van der Waals surface area (Å²) in [6.07, 6.45) is -9.66. The molecule has 0 spiro atoms.